The molecule has 3 heteroatoms. The van der Waals surface area contributed by atoms with Gasteiger partial charge in [-0.3, -0.25) is 4.68 Å². The lowest BCUT2D eigenvalue weighted by atomic mass is 9.98. The number of nitrogens with one attached hydrogen (secondary N) is 1. The van der Waals surface area contributed by atoms with Gasteiger partial charge in [0.1, 0.15) is 0 Å². The van der Waals surface area contributed by atoms with Crippen LogP contribution in [0.25, 0.3) is 0 Å². The fourth-order valence-electron chi connectivity index (χ4n) is 1.91. The molecule has 0 spiro atoms. The highest BCUT2D eigenvalue weighted by molar-refractivity contribution is 5.10. The molecule has 0 aromatic carbocycles. The van der Waals surface area contributed by atoms with Crippen molar-refractivity contribution in [3.63, 3.8) is 0 Å². The lowest BCUT2D eigenvalue weighted by Crippen LogP contribution is -2.34. The van der Waals surface area contributed by atoms with Crippen molar-refractivity contribution in [1.82, 2.24) is 15.1 Å². The van der Waals surface area contributed by atoms with Crippen molar-refractivity contribution in [3.05, 3.63) is 18.0 Å². The summed E-state index contributed by atoms with van der Waals surface area (Å²) in [6.07, 6.45) is 6.39. The minimum absolute atomic E-state index is 0.428. The molecule has 1 rings (SSSR count). The Balaban J connectivity index is 2.62. The van der Waals surface area contributed by atoms with E-state index < -0.39 is 0 Å². The van der Waals surface area contributed by atoms with E-state index in [-0.39, 0.29) is 0 Å². The number of aryl methyl sites for hydroxylation is 1. The molecule has 0 saturated carbocycles. The van der Waals surface area contributed by atoms with E-state index in [1.165, 1.54) is 12.0 Å². The zero-order valence-electron chi connectivity index (χ0n) is 11.2. The number of rotatable bonds is 6. The first-order valence-electron chi connectivity index (χ1n) is 6.33. The number of nitrogens with zero attached hydrogens (tertiary/aromatic N) is 2. The maximum atomic E-state index is 4.23. The van der Waals surface area contributed by atoms with Gasteiger partial charge in [0.15, 0.2) is 0 Å². The van der Waals surface area contributed by atoms with Gasteiger partial charge in [-0.15, -0.1) is 0 Å². The minimum atomic E-state index is 0.428. The molecule has 16 heavy (non-hydrogen) atoms. The Kier molecular flexibility index (Phi) is 5.00. The first-order chi connectivity index (χ1) is 7.58. The highest BCUT2D eigenvalue weighted by Gasteiger charge is 2.16. The second-order valence-electron chi connectivity index (χ2n) is 4.75. The van der Waals surface area contributed by atoms with Gasteiger partial charge >= 0.3 is 0 Å². The predicted molar refractivity (Wildman–Crippen MR) is 68.3 cm³/mol. The second kappa shape index (κ2) is 6.04. The molecule has 1 heterocycles. The molecule has 0 fully saturated rings. The van der Waals surface area contributed by atoms with E-state index in [2.05, 4.69) is 44.3 Å². The fraction of sp³-hybridized carbons (Fsp3) is 0.769. The van der Waals surface area contributed by atoms with Crippen LogP contribution in [-0.2, 0) is 7.05 Å². The Labute approximate surface area is 99.2 Å². The van der Waals surface area contributed by atoms with E-state index in [0.717, 1.165) is 6.42 Å². The molecule has 0 amide bonds. The zero-order chi connectivity index (χ0) is 12.1. The summed E-state index contributed by atoms with van der Waals surface area (Å²) in [5.41, 5.74) is 1.29. The van der Waals surface area contributed by atoms with E-state index in [0.29, 0.717) is 18.0 Å². The average molecular weight is 223 g/mol. The van der Waals surface area contributed by atoms with E-state index in [1.54, 1.807) is 0 Å². The van der Waals surface area contributed by atoms with Crippen molar-refractivity contribution in [2.45, 2.75) is 52.6 Å². The van der Waals surface area contributed by atoms with Gasteiger partial charge in [-0.1, -0.05) is 27.2 Å². The summed E-state index contributed by atoms with van der Waals surface area (Å²) in [7, 11) is 1.97. The maximum absolute atomic E-state index is 4.23. The van der Waals surface area contributed by atoms with Crippen LogP contribution in [0, 0.1) is 5.92 Å². The summed E-state index contributed by atoms with van der Waals surface area (Å²) in [6.45, 7) is 9.03. The number of hydrogen-bond donors (Lipinski definition) is 1. The summed E-state index contributed by atoms with van der Waals surface area (Å²) in [5, 5.41) is 7.93. The van der Waals surface area contributed by atoms with Crippen LogP contribution in [0.4, 0.5) is 0 Å². The monoisotopic (exact) mass is 223 g/mol. The van der Waals surface area contributed by atoms with Gasteiger partial charge in [-0.25, -0.2) is 0 Å². The number of aromatic nitrogens is 2. The molecule has 3 atom stereocenters. The highest BCUT2D eigenvalue weighted by Crippen LogP contribution is 2.18. The van der Waals surface area contributed by atoms with E-state index in [1.807, 2.05) is 17.9 Å². The van der Waals surface area contributed by atoms with E-state index in [4.69, 9.17) is 0 Å². The second-order valence-corrected chi connectivity index (χ2v) is 4.75. The lowest BCUT2D eigenvalue weighted by Gasteiger charge is -2.25. The van der Waals surface area contributed by atoms with Crippen molar-refractivity contribution in [3.8, 4) is 0 Å². The van der Waals surface area contributed by atoms with Crippen molar-refractivity contribution in [2.75, 3.05) is 0 Å². The van der Waals surface area contributed by atoms with Gasteiger partial charge in [-0.2, -0.15) is 5.10 Å². The van der Waals surface area contributed by atoms with Crippen LogP contribution in [0.3, 0.4) is 0 Å². The SMILES string of the molecule is CCC(NC(C)C(C)CC)c1cnn(C)c1. The minimum Gasteiger partial charge on any atom is -0.307 e. The fourth-order valence-corrected chi connectivity index (χ4v) is 1.91. The zero-order valence-corrected chi connectivity index (χ0v) is 11.2. The van der Waals surface area contributed by atoms with Crippen LogP contribution in [-0.4, -0.2) is 15.8 Å². The third-order valence-corrected chi connectivity index (χ3v) is 3.50. The normalized spacial score (nSPS) is 17.1. The van der Waals surface area contributed by atoms with Gasteiger partial charge in [0.2, 0.25) is 0 Å². The lowest BCUT2D eigenvalue weighted by molar-refractivity contribution is 0.345. The summed E-state index contributed by atoms with van der Waals surface area (Å²) in [5.74, 6) is 0.714. The third-order valence-electron chi connectivity index (χ3n) is 3.50. The molecule has 1 N–H and O–H groups in total. The molecule has 0 saturated heterocycles. The van der Waals surface area contributed by atoms with Crippen LogP contribution in [0.5, 0.6) is 0 Å². The van der Waals surface area contributed by atoms with Crippen LogP contribution in [0.2, 0.25) is 0 Å². The quantitative estimate of drug-likeness (QED) is 0.803. The number of hydrogen-bond acceptors (Lipinski definition) is 2. The van der Waals surface area contributed by atoms with Gasteiger partial charge in [0.25, 0.3) is 0 Å². The Morgan fingerprint density at radius 2 is 2.00 bits per heavy atom. The Morgan fingerprint density at radius 3 is 2.44 bits per heavy atom. The van der Waals surface area contributed by atoms with E-state index in [9.17, 15) is 0 Å². The van der Waals surface area contributed by atoms with Crippen molar-refractivity contribution in [2.24, 2.45) is 13.0 Å². The van der Waals surface area contributed by atoms with Gasteiger partial charge in [0, 0.05) is 30.9 Å². The summed E-state index contributed by atoms with van der Waals surface area (Å²) in [6, 6.07) is 0.979. The summed E-state index contributed by atoms with van der Waals surface area (Å²) < 4.78 is 1.87. The molecule has 1 aromatic rings. The van der Waals surface area contributed by atoms with Crippen LogP contribution >= 0.6 is 0 Å². The molecule has 0 aliphatic rings. The predicted octanol–water partition coefficient (Wildman–Crippen LogP) is 2.90. The van der Waals surface area contributed by atoms with Gasteiger partial charge < -0.3 is 5.32 Å². The highest BCUT2D eigenvalue weighted by atomic mass is 15.2. The molecule has 3 nitrogen and oxygen atoms in total. The molecule has 0 aliphatic heterocycles. The van der Waals surface area contributed by atoms with Gasteiger partial charge in [-0.05, 0) is 19.3 Å². The molecule has 1 aromatic heterocycles. The topological polar surface area (TPSA) is 29.9 Å². The van der Waals surface area contributed by atoms with E-state index >= 15 is 0 Å². The largest absolute Gasteiger partial charge is 0.307 e. The first-order valence-corrected chi connectivity index (χ1v) is 6.33. The Bertz CT molecular complexity index is 306. The molecule has 0 radical (unpaired) electrons. The van der Waals surface area contributed by atoms with Crippen LogP contribution in [0.1, 0.15) is 52.1 Å². The smallest absolute Gasteiger partial charge is 0.0537 e. The maximum Gasteiger partial charge on any atom is 0.0537 e. The first kappa shape index (κ1) is 13.2. The molecular weight excluding hydrogens is 198 g/mol. The molecule has 0 bridgehead atoms. The summed E-state index contributed by atoms with van der Waals surface area (Å²) >= 11 is 0. The molecule has 3 unspecified atom stereocenters. The van der Waals surface area contributed by atoms with Crippen LogP contribution < -0.4 is 5.32 Å². The van der Waals surface area contributed by atoms with Crippen molar-refractivity contribution in [1.29, 1.82) is 0 Å². The molecule has 0 aliphatic carbocycles. The molecule has 92 valence electrons. The Hall–Kier alpha value is -0.830. The molecular formula is C13H25N3. The van der Waals surface area contributed by atoms with Gasteiger partial charge in [0.05, 0.1) is 6.20 Å². The standard InChI is InChI=1S/C13H25N3/c1-6-10(3)11(4)15-13(7-2)12-8-14-16(5)9-12/h8-11,13,15H,6-7H2,1-5H3. The van der Waals surface area contributed by atoms with Crippen molar-refractivity contribution >= 4 is 0 Å². The third kappa shape index (κ3) is 3.34. The van der Waals surface area contributed by atoms with Crippen molar-refractivity contribution < 1.29 is 0 Å². The van der Waals surface area contributed by atoms with Crippen LogP contribution in [0.15, 0.2) is 12.4 Å². The average Bonchev–Trinajstić information content (AvgIpc) is 2.71. The summed E-state index contributed by atoms with van der Waals surface area (Å²) in [4.78, 5) is 0. The Morgan fingerprint density at radius 1 is 1.31 bits per heavy atom.